The molecule has 0 saturated heterocycles. The highest BCUT2D eigenvalue weighted by molar-refractivity contribution is 5.81. The number of hydrogen-bond donors (Lipinski definition) is 1. The lowest BCUT2D eigenvalue weighted by atomic mass is 9.80. The molecule has 1 aliphatic carbocycles. The van der Waals surface area contributed by atoms with Crippen molar-refractivity contribution in [1.82, 2.24) is 5.32 Å². The molecule has 1 aliphatic rings. The van der Waals surface area contributed by atoms with Gasteiger partial charge in [-0.1, -0.05) is 13.8 Å². The molecule has 0 aliphatic heterocycles. The molecule has 0 aromatic carbocycles. The third kappa shape index (κ3) is 3.39. The summed E-state index contributed by atoms with van der Waals surface area (Å²) in [5, 5.41) is 2.07. The van der Waals surface area contributed by atoms with E-state index in [4.69, 9.17) is 0 Å². The van der Waals surface area contributed by atoms with Crippen molar-refractivity contribution in [3.63, 3.8) is 0 Å². The van der Waals surface area contributed by atoms with E-state index in [1.165, 1.54) is 0 Å². The van der Waals surface area contributed by atoms with E-state index in [1.807, 2.05) is 6.92 Å². The fourth-order valence-electron chi connectivity index (χ4n) is 2.13. The van der Waals surface area contributed by atoms with Crippen LogP contribution in [-0.2, 0) is 4.79 Å². The van der Waals surface area contributed by atoms with Crippen LogP contribution in [0.3, 0.4) is 0 Å². The highest BCUT2D eigenvalue weighted by Crippen LogP contribution is 2.29. The fraction of sp³-hybridized carbons (Fsp3) is 0.900. The molecule has 0 heterocycles. The van der Waals surface area contributed by atoms with Crippen LogP contribution in [0.25, 0.3) is 0 Å². The van der Waals surface area contributed by atoms with Gasteiger partial charge in [0.2, 0.25) is 0 Å². The Balaban J connectivity index is 2.49. The number of hydrogen-bond acceptors (Lipinski definition) is 1. The molecule has 1 rings (SSSR count). The Morgan fingerprint density at radius 3 is 2.33 bits per heavy atom. The zero-order valence-corrected chi connectivity index (χ0v) is 8.90. The number of carbonyl (C=O) groups excluding carboxylic acids is 1. The summed E-state index contributed by atoms with van der Waals surface area (Å²) in [4.78, 5) is 10.7. The Bertz CT molecular complexity index is 239. The number of alkyl halides is 3. The zero-order chi connectivity index (χ0) is 11.6. The van der Waals surface area contributed by atoms with Gasteiger partial charge in [-0.05, 0) is 31.1 Å². The van der Waals surface area contributed by atoms with Crippen LogP contribution in [0.1, 0.15) is 33.1 Å². The maximum absolute atomic E-state index is 12.0. The molecule has 0 aromatic rings. The van der Waals surface area contributed by atoms with Crippen LogP contribution in [0.5, 0.6) is 0 Å². The summed E-state index contributed by atoms with van der Waals surface area (Å²) < 4.78 is 36.0. The van der Waals surface area contributed by atoms with Gasteiger partial charge in [-0.3, -0.25) is 4.79 Å². The Labute approximate surface area is 87.2 Å². The molecular formula is C10H16F3NO. The molecular weight excluding hydrogens is 207 g/mol. The van der Waals surface area contributed by atoms with Crippen LogP contribution in [0, 0.1) is 11.8 Å². The highest BCUT2D eigenvalue weighted by atomic mass is 19.4. The summed E-state index contributed by atoms with van der Waals surface area (Å²) in [6.07, 6.45) is -2.36. The largest absolute Gasteiger partial charge is 0.471 e. The predicted octanol–water partition coefficient (Wildman–Crippen LogP) is 2.49. The summed E-state index contributed by atoms with van der Waals surface area (Å²) in [7, 11) is 0. The molecule has 5 heteroatoms. The molecule has 88 valence electrons. The molecule has 1 saturated carbocycles. The SMILES string of the molecule is CC1CCC(NC(=O)C(F)(F)F)C(C)C1. The minimum atomic E-state index is -4.76. The van der Waals surface area contributed by atoms with Crippen molar-refractivity contribution in [3.8, 4) is 0 Å². The molecule has 3 unspecified atom stereocenters. The first-order valence-electron chi connectivity index (χ1n) is 5.18. The molecule has 0 radical (unpaired) electrons. The van der Waals surface area contributed by atoms with Crippen LogP contribution in [-0.4, -0.2) is 18.1 Å². The lowest BCUT2D eigenvalue weighted by Crippen LogP contribution is -2.47. The topological polar surface area (TPSA) is 29.1 Å². The smallest absolute Gasteiger partial charge is 0.345 e. The van der Waals surface area contributed by atoms with Crippen molar-refractivity contribution in [2.75, 3.05) is 0 Å². The maximum Gasteiger partial charge on any atom is 0.471 e. The Hall–Kier alpha value is -0.740. The number of rotatable bonds is 1. The van der Waals surface area contributed by atoms with Gasteiger partial charge in [0.1, 0.15) is 0 Å². The number of halogens is 3. The van der Waals surface area contributed by atoms with Gasteiger partial charge in [0, 0.05) is 6.04 Å². The summed E-state index contributed by atoms with van der Waals surface area (Å²) in [5.41, 5.74) is 0. The number of nitrogens with one attached hydrogen (secondary N) is 1. The Kier molecular flexibility index (Phi) is 3.62. The summed E-state index contributed by atoms with van der Waals surface area (Å²) in [6.45, 7) is 3.97. The van der Waals surface area contributed by atoms with E-state index < -0.39 is 12.1 Å². The third-order valence-electron chi connectivity index (χ3n) is 3.01. The molecule has 1 amide bonds. The average Bonchev–Trinajstić information content (AvgIpc) is 2.08. The molecule has 15 heavy (non-hydrogen) atoms. The van der Waals surface area contributed by atoms with Crippen molar-refractivity contribution in [2.24, 2.45) is 11.8 Å². The lowest BCUT2D eigenvalue weighted by Gasteiger charge is -2.33. The van der Waals surface area contributed by atoms with Crippen molar-refractivity contribution in [3.05, 3.63) is 0 Å². The first-order valence-corrected chi connectivity index (χ1v) is 5.18. The van der Waals surface area contributed by atoms with Crippen LogP contribution in [0.2, 0.25) is 0 Å². The molecule has 1 N–H and O–H groups in total. The summed E-state index contributed by atoms with van der Waals surface area (Å²) in [5.74, 6) is -1.15. The molecule has 0 spiro atoms. The summed E-state index contributed by atoms with van der Waals surface area (Å²) >= 11 is 0. The van der Waals surface area contributed by atoms with Gasteiger partial charge in [0.05, 0.1) is 0 Å². The minimum absolute atomic E-state index is 0.125. The van der Waals surface area contributed by atoms with Gasteiger partial charge in [-0.15, -0.1) is 0 Å². The van der Waals surface area contributed by atoms with E-state index >= 15 is 0 Å². The molecule has 2 nitrogen and oxygen atoms in total. The van der Waals surface area contributed by atoms with E-state index in [-0.39, 0.29) is 12.0 Å². The second-order valence-corrected chi connectivity index (χ2v) is 4.47. The first-order chi connectivity index (χ1) is 6.80. The lowest BCUT2D eigenvalue weighted by molar-refractivity contribution is -0.175. The van der Waals surface area contributed by atoms with Crippen molar-refractivity contribution in [1.29, 1.82) is 0 Å². The molecule has 0 bridgehead atoms. The van der Waals surface area contributed by atoms with Crippen LogP contribution in [0.15, 0.2) is 0 Å². The third-order valence-corrected chi connectivity index (χ3v) is 3.01. The van der Waals surface area contributed by atoms with Gasteiger partial charge >= 0.3 is 12.1 Å². The quantitative estimate of drug-likeness (QED) is 0.727. The first kappa shape index (κ1) is 12.3. The van der Waals surface area contributed by atoms with Gasteiger partial charge < -0.3 is 5.32 Å². The molecule has 1 fully saturated rings. The Morgan fingerprint density at radius 2 is 1.87 bits per heavy atom. The summed E-state index contributed by atoms with van der Waals surface area (Å²) in [6, 6.07) is -0.324. The van der Waals surface area contributed by atoms with E-state index in [0.29, 0.717) is 12.3 Å². The van der Waals surface area contributed by atoms with Gasteiger partial charge in [0.25, 0.3) is 0 Å². The van der Waals surface area contributed by atoms with Crippen molar-refractivity contribution < 1.29 is 18.0 Å². The fourth-order valence-corrected chi connectivity index (χ4v) is 2.13. The van der Waals surface area contributed by atoms with E-state index in [1.54, 1.807) is 0 Å². The van der Waals surface area contributed by atoms with Crippen molar-refractivity contribution in [2.45, 2.75) is 45.3 Å². The second kappa shape index (κ2) is 4.41. The Morgan fingerprint density at radius 1 is 1.27 bits per heavy atom. The van der Waals surface area contributed by atoms with E-state index in [2.05, 4.69) is 12.2 Å². The second-order valence-electron chi connectivity index (χ2n) is 4.47. The number of carbonyl (C=O) groups is 1. The molecule has 0 aromatic heterocycles. The maximum atomic E-state index is 12.0. The molecule has 3 atom stereocenters. The van der Waals surface area contributed by atoms with E-state index in [9.17, 15) is 18.0 Å². The zero-order valence-electron chi connectivity index (χ0n) is 8.90. The van der Waals surface area contributed by atoms with Crippen LogP contribution in [0.4, 0.5) is 13.2 Å². The normalized spacial score (nSPS) is 32.5. The van der Waals surface area contributed by atoms with E-state index in [0.717, 1.165) is 12.8 Å². The number of amides is 1. The average molecular weight is 223 g/mol. The monoisotopic (exact) mass is 223 g/mol. The van der Waals surface area contributed by atoms with Crippen LogP contribution < -0.4 is 5.32 Å². The van der Waals surface area contributed by atoms with Gasteiger partial charge in [-0.2, -0.15) is 13.2 Å². The highest BCUT2D eigenvalue weighted by Gasteiger charge is 2.40. The van der Waals surface area contributed by atoms with Gasteiger partial charge in [-0.25, -0.2) is 0 Å². The van der Waals surface area contributed by atoms with Crippen LogP contribution >= 0.6 is 0 Å². The minimum Gasteiger partial charge on any atom is -0.345 e. The van der Waals surface area contributed by atoms with Crippen molar-refractivity contribution >= 4 is 5.91 Å². The predicted molar refractivity (Wildman–Crippen MR) is 50.2 cm³/mol. The van der Waals surface area contributed by atoms with Gasteiger partial charge in [0.15, 0.2) is 0 Å². The standard InChI is InChI=1S/C10H16F3NO/c1-6-3-4-8(7(2)5-6)14-9(15)10(11,12)13/h6-8H,3-5H2,1-2H3,(H,14,15).